The lowest BCUT2D eigenvalue weighted by Crippen LogP contribution is -2.28. The van der Waals surface area contributed by atoms with E-state index in [4.69, 9.17) is 4.74 Å². The highest BCUT2D eigenvalue weighted by Crippen LogP contribution is 2.41. The maximum atomic E-state index is 12.7. The van der Waals surface area contributed by atoms with Crippen LogP contribution in [-0.4, -0.2) is 56.2 Å². The van der Waals surface area contributed by atoms with Crippen LogP contribution in [0.25, 0.3) is 5.69 Å². The average Bonchev–Trinajstić information content (AvgIpc) is 3.32. The lowest BCUT2D eigenvalue weighted by Gasteiger charge is -2.19. The molecule has 4 rings (SSSR count). The Bertz CT molecular complexity index is 1180. The van der Waals surface area contributed by atoms with Crippen LogP contribution >= 0.6 is 0 Å². The number of carbonyl (C=O) groups excluding carboxylic acids is 2. The van der Waals surface area contributed by atoms with E-state index in [0.717, 1.165) is 36.3 Å². The van der Waals surface area contributed by atoms with E-state index in [2.05, 4.69) is 32.5 Å². The van der Waals surface area contributed by atoms with Crippen molar-refractivity contribution >= 4 is 17.8 Å². The predicted molar refractivity (Wildman–Crippen MR) is 129 cm³/mol. The van der Waals surface area contributed by atoms with E-state index in [-0.39, 0.29) is 18.2 Å². The molecule has 0 saturated heterocycles. The molecule has 1 saturated carbocycles. The van der Waals surface area contributed by atoms with Gasteiger partial charge in [0.2, 0.25) is 5.91 Å². The fourth-order valence-corrected chi connectivity index (χ4v) is 3.71. The molecule has 3 aromatic rings. The van der Waals surface area contributed by atoms with Crippen molar-refractivity contribution in [3.05, 3.63) is 59.5 Å². The minimum absolute atomic E-state index is 0.148. The number of hydrogen-bond acceptors (Lipinski definition) is 6. The van der Waals surface area contributed by atoms with Gasteiger partial charge < -0.3 is 15.0 Å². The molecule has 1 aromatic carbocycles. The molecule has 1 aliphatic carbocycles. The molecule has 1 aliphatic rings. The van der Waals surface area contributed by atoms with Crippen molar-refractivity contribution in [2.75, 3.05) is 19.4 Å². The van der Waals surface area contributed by atoms with Crippen molar-refractivity contribution < 1.29 is 14.3 Å². The van der Waals surface area contributed by atoms with Gasteiger partial charge in [0.25, 0.3) is 0 Å². The normalized spacial score (nSPS) is 13.8. The SMILES string of the molecule is CN(C)Cc1cccc(-n2cc(CC(=O)Nc3cc(C4CC4)n(C(=O)OC(C)(C)C)n3)cn2)c1. The van der Waals surface area contributed by atoms with E-state index < -0.39 is 11.7 Å². The molecule has 180 valence electrons. The largest absolute Gasteiger partial charge is 0.442 e. The number of carbonyl (C=O) groups is 2. The van der Waals surface area contributed by atoms with E-state index in [1.165, 1.54) is 10.2 Å². The number of amides is 1. The van der Waals surface area contributed by atoms with E-state index >= 15 is 0 Å². The van der Waals surface area contributed by atoms with Crippen molar-refractivity contribution in [3.63, 3.8) is 0 Å². The topological polar surface area (TPSA) is 94.3 Å². The summed E-state index contributed by atoms with van der Waals surface area (Å²) in [5, 5.41) is 11.5. The summed E-state index contributed by atoms with van der Waals surface area (Å²) in [6.07, 6.45) is 5.15. The molecule has 0 aliphatic heterocycles. The quantitative estimate of drug-likeness (QED) is 0.569. The third kappa shape index (κ3) is 6.11. The number of aromatic nitrogens is 4. The van der Waals surface area contributed by atoms with Crippen LogP contribution in [0.1, 0.15) is 56.4 Å². The Morgan fingerprint density at radius 3 is 2.62 bits per heavy atom. The zero-order valence-corrected chi connectivity index (χ0v) is 20.4. The minimum atomic E-state index is -0.626. The molecule has 0 bridgehead atoms. The first kappa shape index (κ1) is 23.7. The van der Waals surface area contributed by atoms with Crippen molar-refractivity contribution in [2.24, 2.45) is 0 Å². The van der Waals surface area contributed by atoms with Crippen molar-refractivity contribution in [1.82, 2.24) is 24.5 Å². The molecule has 9 nitrogen and oxygen atoms in total. The van der Waals surface area contributed by atoms with E-state index in [9.17, 15) is 9.59 Å². The standard InChI is InChI=1S/C25H32N6O3/c1-25(2,3)34-24(33)31-21(19-9-10-19)13-22(28-31)27-23(32)12-18-14-26-30(16-18)20-8-6-7-17(11-20)15-29(4)5/h6-8,11,13-14,16,19H,9-10,12,15H2,1-5H3,(H,27,28,32). The smallest absolute Gasteiger partial charge is 0.435 e. The molecule has 1 fully saturated rings. The van der Waals surface area contributed by atoms with Gasteiger partial charge in [0.15, 0.2) is 5.82 Å². The highest BCUT2D eigenvalue weighted by atomic mass is 16.6. The van der Waals surface area contributed by atoms with Gasteiger partial charge in [0.1, 0.15) is 5.60 Å². The second-order valence-corrected chi connectivity index (χ2v) is 10.0. The highest BCUT2D eigenvalue weighted by molar-refractivity contribution is 5.91. The Morgan fingerprint density at radius 2 is 1.94 bits per heavy atom. The molecule has 1 amide bonds. The summed E-state index contributed by atoms with van der Waals surface area (Å²) in [5.41, 5.74) is 3.05. The van der Waals surface area contributed by atoms with Gasteiger partial charge in [-0.05, 0) is 71.0 Å². The highest BCUT2D eigenvalue weighted by Gasteiger charge is 2.32. The van der Waals surface area contributed by atoms with Gasteiger partial charge in [-0.2, -0.15) is 9.78 Å². The van der Waals surface area contributed by atoms with Crippen molar-refractivity contribution in [2.45, 2.75) is 58.1 Å². The van der Waals surface area contributed by atoms with Gasteiger partial charge in [-0.15, -0.1) is 5.10 Å². The third-order valence-electron chi connectivity index (χ3n) is 5.24. The maximum Gasteiger partial charge on any atom is 0.435 e. The van der Waals surface area contributed by atoms with Gasteiger partial charge >= 0.3 is 6.09 Å². The summed E-state index contributed by atoms with van der Waals surface area (Å²) in [4.78, 5) is 27.4. The number of anilines is 1. The zero-order chi connectivity index (χ0) is 24.5. The van der Waals surface area contributed by atoms with E-state index in [1.807, 2.05) is 53.2 Å². The summed E-state index contributed by atoms with van der Waals surface area (Å²) < 4.78 is 8.51. The molecule has 9 heteroatoms. The Kier molecular flexibility index (Phi) is 6.56. The van der Waals surface area contributed by atoms with E-state index in [1.54, 1.807) is 16.9 Å². The summed E-state index contributed by atoms with van der Waals surface area (Å²) in [7, 11) is 4.06. The molecule has 0 unspecified atom stereocenters. The van der Waals surface area contributed by atoms with Crippen LogP contribution in [0.15, 0.2) is 42.7 Å². The molecule has 34 heavy (non-hydrogen) atoms. The second kappa shape index (κ2) is 9.42. The van der Waals surface area contributed by atoms with Gasteiger partial charge in [0.05, 0.1) is 24.0 Å². The van der Waals surface area contributed by atoms with Crippen molar-refractivity contribution in [3.8, 4) is 5.69 Å². The summed E-state index contributed by atoms with van der Waals surface area (Å²) in [6.45, 7) is 6.27. The third-order valence-corrected chi connectivity index (χ3v) is 5.24. The first-order chi connectivity index (χ1) is 16.1. The lowest BCUT2D eigenvalue weighted by molar-refractivity contribution is -0.115. The van der Waals surface area contributed by atoms with Crippen molar-refractivity contribution in [1.29, 1.82) is 0 Å². The summed E-state index contributed by atoms with van der Waals surface area (Å²) in [6, 6.07) is 9.91. The molecule has 0 radical (unpaired) electrons. The lowest BCUT2D eigenvalue weighted by atomic mass is 10.2. The molecule has 0 spiro atoms. The fraction of sp³-hybridized carbons (Fsp3) is 0.440. The van der Waals surface area contributed by atoms with Crippen LogP contribution in [-0.2, 0) is 22.5 Å². The van der Waals surface area contributed by atoms with Crippen LogP contribution in [0.3, 0.4) is 0 Å². The van der Waals surface area contributed by atoms with Crippen LogP contribution < -0.4 is 5.32 Å². The first-order valence-electron chi connectivity index (χ1n) is 11.5. The van der Waals surface area contributed by atoms with Gasteiger partial charge in [-0.25, -0.2) is 9.48 Å². The van der Waals surface area contributed by atoms with Gasteiger partial charge in [-0.1, -0.05) is 12.1 Å². The van der Waals surface area contributed by atoms with Gasteiger partial charge in [0, 0.05) is 24.7 Å². The fourth-order valence-electron chi connectivity index (χ4n) is 3.71. The zero-order valence-electron chi connectivity index (χ0n) is 20.4. The van der Waals surface area contributed by atoms with Crippen LogP contribution in [0, 0.1) is 0 Å². The van der Waals surface area contributed by atoms with Crippen LogP contribution in [0.5, 0.6) is 0 Å². The molecule has 1 N–H and O–H groups in total. The Morgan fingerprint density at radius 1 is 1.18 bits per heavy atom. The molecule has 0 atom stereocenters. The Balaban J connectivity index is 1.42. The molecule has 2 heterocycles. The average molecular weight is 465 g/mol. The summed E-state index contributed by atoms with van der Waals surface area (Å²) >= 11 is 0. The van der Waals surface area contributed by atoms with E-state index in [0.29, 0.717) is 5.82 Å². The molecule has 2 aromatic heterocycles. The maximum absolute atomic E-state index is 12.7. The Labute approximate surface area is 199 Å². The second-order valence-electron chi connectivity index (χ2n) is 10.0. The monoisotopic (exact) mass is 464 g/mol. The summed E-state index contributed by atoms with van der Waals surface area (Å²) in [5.74, 6) is 0.394. The van der Waals surface area contributed by atoms with Crippen LogP contribution in [0.2, 0.25) is 0 Å². The number of nitrogens with one attached hydrogen (secondary N) is 1. The number of benzene rings is 1. The first-order valence-corrected chi connectivity index (χ1v) is 11.5. The predicted octanol–water partition coefficient (Wildman–Crippen LogP) is 3.97. The number of ether oxygens (including phenoxy) is 1. The number of hydrogen-bond donors (Lipinski definition) is 1. The minimum Gasteiger partial charge on any atom is -0.442 e. The Hall–Kier alpha value is -3.46. The molecular formula is C25H32N6O3. The number of rotatable bonds is 7. The van der Waals surface area contributed by atoms with Gasteiger partial charge in [-0.3, -0.25) is 4.79 Å². The number of nitrogens with zero attached hydrogens (tertiary/aromatic N) is 5. The van der Waals surface area contributed by atoms with Crippen LogP contribution in [0.4, 0.5) is 10.6 Å². The molecular weight excluding hydrogens is 432 g/mol.